The third kappa shape index (κ3) is 21.4. The van der Waals surface area contributed by atoms with E-state index < -0.39 is 126 Å². The number of carbonyl (C=O) groups excluding carboxylic acids is 8. The lowest BCUT2D eigenvalue weighted by molar-refractivity contribution is -0.143. The van der Waals surface area contributed by atoms with Gasteiger partial charge in [0.15, 0.2) is 0 Å². The van der Waals surface area contributed by atoms with Crippen molar-refractivity contribution in [1.82, 2.24) is 47.5 Å². The zero-order valence-electron chi connectivity index (χ0n) is 45.3. The first-order valence-corrected chi connectivity index (χ1v) is 28.0. The topological polar surface area (TPSA) is 404 Å². The first-order chi connectivity index (χ1) is 38.7. The summed E-state index contributed by atoms with van der Waals surface area (Å²) < 4.78 is 0. The van der Waals surface area contributed by atoms with Crippen molar-refractivity contribution in [2.24, 2.45) is 17.2 Å². The van der Waals surface area contributed by atoms with E-state index in [4.69, 9.17) is 17.2 Å². The lowest BCUT2D eigenvalue weighted by Crippen LogP contribution is -2.63. The lowest BCUT2D eigenvalue weighted by atomic mass is 10.0. The smallest absolute Gasteiger partial charge is 0.326 e. The summed E-state index contributed by atoms with van der Waals surface area (Å²) in [6, 6.07) is 12.2. The number of carboxylic acids is 1. The number of hydrogen-bond donors (Lipinski definition) is 17. The number of hydrogen-bond acceptors (Lipinski definition) is 16. The number of aliphatic hydroxyl groups is 2. The largest absolute Gasteiger partial charge is 0.480 e. The van der Waals surface area contributed by atoms with E-state index in [2.05, 4.69) is 72.8 Å². The molecule has 4 aromatic rings. The first-order valence-electron chi connectivity index (χ1n) is 26.7. The molecule has 26 heteroatoms. The van der Waals surface area contributed by atoms with Crippen LogP contribution in [-0.2, 0) is 62.4 Å². The highest BCUT2D eigenvalue weighted by Crippen LogP contribution is 2.20. The fraction of sp³-hybridized carbons (Fsp3) is 0.473. The molecule has 1 aromatic heterocycles. The minimum atomic E-state index is -1.77. The van der Waals surface area contributed by atoms with Gasteiger partial charge in [0, 0.05) is 41.4 Å². The Morgan fingerprint density at radius 1 is 0.481 bits per heavy atom. The maximum atomic E-state index is 14.8. The van der Waals surface area contributed by atoms with Crippen LogP contribution < -0.4 is 59.7 Å². The van der Waals surface area contributed by atoms with Gasteiger partial charge < -0.3 is 80.0 Å². The fourth-order valence-corrected chi connectivity index (χ4v) is 9.10. The molecule has 11 atom stereocenters. The van der Waals surface area contributed by atoms with Crippen molar-refractivity contribution in [1.29, 1.82) is 0 Å². The third-order valence-corrected chi connectivity index (χ3v) is 13.9. The third-order valence-electron chi connectivity index (χ3n) is 13.2. The number of aromatic amines is 1. The number of H-pyrrole nitrogens is 1. The highest BCUT2D eigenvalue weighted by atomic mass is 32.1. The lowest BCUT2D eigenvalue weighted by Gasteiger charge is -2.29. The van der Waals surface area contributed by atoms with Gasteiger partial charge in [-0.05, 0) is 94.6 Å². The normalized spacial score (nSPS) is 15.3. The van der Waals surface area contributed by atoms with Gasteiger partial charge in [0.2, 0.25) is 47.3 Å². The second-order valence-electron chi connectivity index (χ2n) is 19.6. The van der Waals surface area contributed by atoms with Crippen LogP contribution in [0.5, 0.6) is 0 Å². The zero-order valence-corrected chi connectivity index (χ0v) is 47.1. The van der Waals surface area contributed by atoms with Gasteiger partial charge in [-0.25, -0.2) is 4.79 Å². The van der Waals surface area contributed by atoms with Gasteiger partial charge in [-0.15, -0.1) is 0 Å². The number of fused-ring (bicyclic) bond motifs is 1. The van der Waals surface area contributed by atoms with Gasteiger partial charge in [-0.2, -0.15) is 25.3 Å². The minimum Gasteiger partial charge on any atom is -0.480 e. The van der Waals surface area contributed by atoms with Gasteiger partial charge in [-0.3, -0.25) is 38.4 Å². The Hall–Kier alpha value is -7.07. The van der Waals surface area contributed by atoms with Crippen molar-refractivity contribution in [3.8, 4) is 0 Å². The van der Waals surface area contributed by atoms with Crippen LogP contribution in [-0.4, -0.2) is 165 Å². The van der Waals surface area contributed by atoms with Crippen LogP contribution in [0.3, 0.4) is 0 Å². The highest BCUT2D eigenvalue weighted by molar-refractivity contribution is 7.80. The predicted molar refractivity (Wildman–Crippen MR) is 310 cm³/mol. The van der Waals surface area contributed by atoms with E-state index in [0.29, 0.717) is 36.9 Å². The Labute approximate surface area is 481 Å². The Bertz CT molecular complexity index is 2700. The van der Waals surface area contributed by atoms with Gasteiger partial charge in [0.05, 0.1) is 18.2 Å². The van der Waals surface area contributed by atoms with Gasteiger partial charge in [0.25, 0.3) is 0 Å². The summed E-state index contributed by atoms with van der Waals surface area (Å²) in [5, 5.41) is 52.0. The summed E-state index contributed by atoms with van der Waals surface area (Å²) in [6.07, 6.45) is -0.00427. The average molecular weight is 1160 g/mol. The summed E-state index contributed by atoms with van der Waals surface area (Å²) in [4.78, 5) is 127. The number of aromatic nitrogens is 1. The Morgan fingerprint density at radius 2 is 0.877 bits per heavy atom. The summed E-state index contributed by atoms with van der Waals surface area (Å²) in [7, 11) is 0. The number of benzene rings is 3. The number of nitrogens with one attached hydrogen (secondary N) is 9. The molecular weight excluding hydrogens is 1080 g/mol. The van der Waals surface area contributed by atoms with Crippen LogP contribution in [0.1, 0.15) is 69.1 Å². The number of aliphatic hydroxyl groups excluding tert-OH is 2. The van der Waals surface area contributed by atoms with E-state index in [1.165, 1.54) is 13.8 Å². The SMILES string of the molecule is C[C@@H](O)[C@H](NC(=O)[C@H](CS)NC(=O)[C@@H](NC(=O)[C@H](CCCCN)NC(=O)[C@@H](Cc1c[nH]c2ccccc12)NC(=O)[C@H](Cc1ccccc1)NC(=O)[C@H](CS)NC(=O)[C@H](N)Cc1ccccc1)[C@@H](C)O)C(=O)N[C@@H](CCCCN)C(=O)O. The van der Waals surface area contributed by atoms with Crippen molar-refractivity contribution in [3.05, 3.63) is 108 Å². The van der Waals surface area contributed by atoms with Crippen molar-refractivity contribution in [2.45, 2.75) is 138 Å². The zero-order chi connectivity index (χ0) is 59.6. The number of carboxylic acid groups (broad SMARTS) is 1. The number of unbranched alkanes of at least 4 members (excludes halogenated alkanes) is 2. The molecule has 8 amide bonds. The number of rotatable bonds is 35. The van der Waals surface area contributed by atoms with E-state index in [0.717, 1.165) is 16.5 Å². The molecule has 0 aliphatic heterocycles. The second-order valence-corrected chi connectivity index (χ2v) is 20.4. The molecule has 0 radical (unpaired) electrons. The number of nitrogens with two attached hydrogens (primary N) is 3. The number of amides is 8. The number of carbonyl (C=O) groups is 9. The van der Waals surface area contributed by atoms with Crippen LogP contribution in [0, 0.1) is 0 Å². The molecular formula is C55H78N12O12S2. The molecule has 442 valence electrons. The van der Waals surface area contributed by atoms with Crippen LogP contribution in [0.15, 0.2) is 91.1 Å². The molecule has 24 nitrogen and oxygen atoms in total. The molecule has 0 aliphatic rings. The average Bonchev–Trinajstić information content (AvgIpc) is 3.93. The number of para-hydroxylation sites is 1. The fourth-order valence-electron chi connectivity index (χ4n) is 8.59. The standard InChI is InChI=1S/C55H78N12O12S2/c1-31(68)45(53(76)61-40(55(78)79)22-12-14-24-57)67-52(75)44(30-81)65-54(77)46(32(2)69)66-48(71)39(21-11-13-23-56)60-50(73)42(27-35-28-59-38-20-10-9-19-36(35)38)63-49(72)41(26-34-17-7-4-8-18-34)62-51(74)43(29-80)64-47(70)37(58)25-33-15-5-3-6-16-33/h3-10,15-20,28,31-32,37,39-46,59,68-69,80-81H,11-14,21-27,29-30,56-58H2,1-2H3,(H,60,73)(H,61,76)(H,62,74)(H,63,72)(H,64,70)(H,65,77)(H,66,71)(H,67,75)(H,78,79)/t31-,32-,37-,39+,40+,41+,42-,43+,44+,45+,46+/m1/s1. The summed E-state index contributed by atoms with van der Waals surface area (Å²) >= 11 is 8.50. The molecule has 3 aromatic carbocycles. The molecule has 1 heterocycles. The molecule has 0 fully saturated rings. The minimum absolute atomic E-state index is 0.0196. The van der Waals surface area contributed by atoms with Crippen molar-refractivity contribution >= 4 is 89.4 Å². The first kappa shape index (κ1) is 66.4. The van der Waals surface area contributed by atoms with Gasteiger partial charge in [-0.1, -0.05) is 78.9 Å². The second kappa shape index (κ2) is 34.3. The Morgan fingerprint density at radius 3 is 1.37 bits per heavy atom. The summed E-state index contributed by atoms with van der Waals surface area (Å²) in [5.74, 6) is -9.06. The van der Waals surface area contributed by atoms with E-state index in [9.17, 15) is 58.5 Å². The summed E-state index contributed by atoms with van der Waals surface area (Å²) in [6.45, 7) is 2.88. The quantitative estimate of drug-likeness (QED) is 0.0182. The number of aliphatic carboxylic acids is 1. The monoisotopic (exact) mass is 1160 g/mol. The Kier molecular flexibility index (Phi) is 28.1. The molecule has 0 bridgehead atoms. The number of thiol groups is 2. The molecule has 0 spiro atoms. The maximum Gasteiger partial charge on any atom is 0.326 e. The van der Waals surface area contributed by atoms with Crippen molar-refractivity contribution in [2.75, 3.05) is 24.6 Å². The molecule has 0 saturated carbocycles. The molecule has 0 aliphatic carbocycles. The van der Waals surface area contributed by atoms with Crippen LogP contribution in [0.25, 0.3) is 10.9 Å². The molecule has 0 unspecified atom stereocenters. The molecule has 4 rings (SSSR count). The summed E-state index contributed by atoms with van der Waals surface area (Å²) in [5.41, 5.74) is 20.3. The van der Waals surface area contributed by atoms with E-state index in [1.54, 1.807) is 54.7 Å². The van der Waals surface area contributed by atoms with E-state index in [1.807, 2.05) is 36.4 Å². The van der Waals surface area contributed by atoms with Crippen molar-refractivity contribution < 1.29 is 58.5 Å². The highest BCUT2D eigenvalue weighted by Gasteiger charge is 2.37. The van der Waals surface area contributed by atoms with Gasteiger partial charge >= 0.3 is 5.97 Å². The molecule has 18 N–H and O–H groups in total. The van der Waals surface area contributed by atoms with E-state index >= 15 is 0 Å². The Balaban J connectivity index is 1.58. The molecule has 81 heavy (non-hydrogen) atoms. The van der Waals surface area contributed by atoms with Crippen LogP contribution >= 0.6 is 25.3 Å². The van der Waals surface area contributed by atoms with Crippen LogP contribution in [0.2, 0.25) is 0 Å². The van der Waals surface area contributed by atoms with Crippen molar-refractivity contribution in [3.63, 3.8) is 0 Å². The predicted octanol–water partition coefficient (Wildman–Crippen LogP) is -1.63. The molecule has 0 saturated heterocycles. The van der Waals surface area contributed by atoms with Crippen LogP contribution in [0.4, 0.5) is 0 Å². The maximum absolute atomic E-state index is 14.8. The van der Waals surface area contributed by atoms with Gasteiger partial charge in [0.1, 0.15) is 48.3 Å². The van der Waals surface area contributed by atoms with E-state index in [-0.39, 0.29) is 50.8 Å².